The molecule has 1 aromatic rings. The molecule has 0 aromatic heterocycles. The van der Waals surface area contributed by atoms with Gasteiger partial charge in [0.1, 0.15) is 5.75 Å². The molecular weight excluding hydrogens is 262 g/mol. The van der Waals surface area contributed by atoms with Crippen molar-refractivity contribution in [1.82, 2.24) is 5.32 Å². The van der Waals surface area contributed by atoms with Gasteiger partial charge in [0.2, 0.25) is 0 Å². The number of benzene rings is 1. The first-order valence-corrected chi connectivity index (χ1v) is 7.91. The highest BCUT2D eigenvalue weighted by Crippen LogP contribution is 2.27. The van der Waals surface area contributed by atoms with Crippen LogP contribution in [0.3, 0.4) is 0 Å². The summed E-state index contributed by atoms with van der Waals surface area (Å²) < 4.78 is 11.4. The Morgan fingerprint density at radius 2 is 2.00 bits per heavy atom. The first kappa shape index (κ1) is 18.0. The Morgan fingerprint density at radius 1 is 1.29 bits per heavy atom. The molecule has 0 radical (unpaired) electrons. The van der Waals surface area contributed by atoms with E-state index in [9.17, 15) is 0 Å². The van der Waals surface area contributed by atoms with Gasteiger partial charge in [-0.1, -0.05) is 24.6 Å². The third kappa shape index (κ3) is 6.06. The molecule has 0 amide bonds. The quantitative estimate of drug-likeness (QED) is 0.738. The van der Waals surface area contributed by atoms with Gasteiger partial charge in [0, 0.05) is 25.1 Å². The van der Waals surface area contributed by atoms with Crippen LogP contribution in [0.2, 0.25) is 0 Å². The zero-order valence-corrected chi connectivity index (χ0v) is 14.5. The van der Waals surface area contributed by atoms with E-state index in [1.54, 1.807) is 7.11 Å². The Kier molecular flexibility index (Phi) is 7.20. The summed E-state index contributed by atoms with van der Waals surface area (Å²) in [5.41, 5.74) is 2.36. The van der Waals surface area contributed by atoms with E-state index in [0.29, 0.717) is 12.6 Å². The van der Waals surface area contributed by atoms with Gasteiger partial charge >= 0.3 is 0 Å². The molecule has 1 atom stereocenters. The van der Waals surface area contributed by atoms with Crippen LogP contribution in [0.15, 0.2) is 18.2 Å². The summed E-state index contributed by atoms with van der Waals surface area (Å²) in [6.07, 6.45) is 2.00. The minimum atomic E-state index is -0.142. The molecule has 1 aromatic carbocycles. The molecule has 0 saturated carbocycles. The Balaban J connectivity index is 2.72. The zero-order valence-electron chi connectivity index (χ0n) is 14.5. The second-order valence-corrected chi connectivity index (χ2v) is 6.28. The first-order chi connectivity index (χ1) is 9.89. The Morgan fingerprint density at radius 3 is 2.62 bits per heavy atom. The molecule has 0 spiro atoms. The van der Waals surface area contributed by atoms with Crippen molar-refractivity contribution in [2.45, 2.75) is 59.1 Å². The summed E-state index contributed by atoms with van der Waals surface area (Å²) in [7, 11) is 1.74. The SMILES string of the molecule is CCCNC(C)c1cc(C)ccc1OCCC(C)(C)OC. The summed E-state index contributed by atoms with van der Waals surface area (Å²) in [6.45, 7) is 12.3. The zero-order chi connectivity index (χ0) is 15.9. The highest BCUT2D eigenvalue weighted by molar-refractivity contribution is 5.39. The van der Waals surface area contributed by atoms with Crippen LogP contribution < -0.4 is 10.1 Å². The molecule has 3 nitrogen and oxygen atoms in total. The van der Waals surface area contributed by atoms with E-state index >= 15 is 0 Å². The first-order valence-electron chi connectivity index (χ1n) is 7.91. The van der Waals surface area contributed by atoms with Crippen LogP contribution in [0.5, 0.6) is 5.75 Å². The van der Waals surface area contributed by atoms with Gasteiger partial charge in [0.05, 0.1) is 12.2 Å². The molecule has 1 unspecified atom stereocenters. The normalized spacial score (nSPS) is 13.2. The predicted molar refractivity (Wildman–Crippen MR) is 89.1 cm³/mol. The van der Waals surface area contributed by atoms with Crippen molar-refractivity contribution in [3.05, 3.63) is 29.3 Å². The maximum Gasteiger partial charge on any atom is 0.124 e. The average Bonchev–Trinajstić information content (AvgIpc) is 2.46. The van der Waals surface area contributed by atoms with Crippen molar-refractivity contribution in [2.24, 2.45) is 0 Å². The van der Waals surface area contributed by atoms with E-state index in [2.05, 4.69) is 58.1 Å². The minimum Gasteiger partial charge on any atom is -0.493 e. The fourth-order valence-electron chi connectivity index (χ4n) is 2.12. The largest absolute Gasteiger partial charge is 0.493 e. The minimum absolute atomic E-state index is 0.142. The smallest absolute Gasteiger partial charge is 0.124 e. The molecule has 1 N–H and O–H groups in total. The van der Waals surface area contributed by atoms with Crippen molar-refractivity contribution < 1.29 is 9.47 Å². The Bertz CT molecular complexity index is 429. The maximum atomic E-state index is 6.01. The van der Waals surface area contributed by atoms with Crippen LogP contribution >= 0.6 is 0 Å². The van der Waals surface area contributed by atoms with Crippen molar-refractivity contribution >= 4 is 0 Å². The number of aryl methyl sites for hydroxylation is 1. The Labute approximate surface area is 130 Å². The lowest BCUT2D eigenvalue weighted by Gasteiger charge is -2.24. The number of rotatable bonds is 9. The maximum absolute atomic E-state index is 6.01. The average molecular weight is 293 g/mol. The van der Waals surface area contributed by atoms with Gasteiger partial charge in [-0.3, -0.25) is 0 Å². The number of ether oxygens (including phenoxy) is 2. The Hall–Kier alpha value is -1.06. The van der Waals surface area contributed by atoms with Crippen LogP contribution in [-0.4, -0.2) is 25.9 Å². The van der Waals surface area contributed by atoms with E-state index in [4.69, 9.17) is 9.47 Å². The molecule has 120 valence electrons. The molecule has 0 bridgehead atoms. The van der Waals surface area contributed by atoms with Crippen LogP contribution in [0, 0.1) is 6.92 Å². The number of methoxy groups -OCH3 is 1. The van der Waals surface area contributed by atoms with E-state index < -0.39 is 0 Å². The van der Waals surface area contributed by atoms with Crippen molar-refractivity contribution in [1.29, 1.82) is 0 Å². The van der Waals surface area contributed by atoms with Crippen LogP contribution in [0.25, 0.3) is 0 Å². The summed E-state index contributed by atoms with van der Waals surface area (Å²) in [5.74, 6) is 0.976. The summed E-state index contributed by atoms with van der Waals surface area (Å²) >= 11 is 0. The number of hydrogen-bond donors (Lipinski definition) is 1. The van der Waals surface area contributed by atoms with Gasteiger partial charge in [0.25, 0.3) is 0 Å². The molecule has 0 aliphatic rings. The molecular formula is C18H31NO2. The topological polar surface area (TPSA) is 30.5 Å². The van der Waals surface area contributed by atoms with E-state index in [1.165, 1.54) is 11.1 Å². The highest BCUT2D eigenvalue weighted by Gasteiger charge is 2.17. The van der Waals surface area contributed by atoms with E-state index in [0.717, 1.165) is 25.1 Å². The molecule has 21 heavy (non-hydrogen) atoms. The molecule has 1 rings (SSSR count). The van der Waals surface area contributed by atoms with Gasteiger partial charge in [-0.05, 0) is 46.7 Å². The number of hydrogen-bond acceptors (Lipinski definition) is 3. The van der Waals surface area contributed by atoms with Crippen molar-refractivity contribution in [3.8, 4) is 5.75 Å². The van der Waals surface area contributed by atoms with Crippen LogP contribution in [0.4, 0.5) is 0 Å². The number of nitrogens with one attached hydrogen (secondary N) is 1. The highest BCUT2D eigenvalue weighted by atomic mass is 16.5. The fourth-order valence-corrected chi connectivity index (χ4v) is 2.12. The lowest BCUT2D eigenvalue weighted by atomic mass is 10.0. The van der Waals surface area contributed by atoms with Gasteiger partial charge < -0.3 is 14.8 Å². The molecule has 0 aliphatic heterocycles. The lowest BCUT2D eigenvalue weighted by Crippen LogP contribution is -2.25. The van der Waals surface area contributed by atoms with Crippen LogP contribution in [0.1, 0.15) is 57.7 Å². The molecule has 0 heterocycles. The second kappa shape index (κ2) is 8.40. The molecule has 0 saturated heterocycles. The lowest BCUT2D eigenvalue weighted by molar-refractivity contribution is 0.00534. The summed E-state index contributed by atoms with van der Waals surface area (Å²) in [5, 5.41) is 3.53. The van der Waals surface area contributed by atoms with Crippen molar-refractivity contribution in [2.75, 3.05) is 20.3 Å². The van der Waals surface area contributed by atoms with Gasteiger partial charge in [-0.25, -0.2) is 0 Å². The third-order valence-corrected chi connectivity index (χ3v) is 3.85. The molecule has 0 aliphatic carbocycles. The standard InChI is InChI=1S/C18H31NO2/c1-7-11-19-15(3)16-13-14(2)8-9-17(16)21-12-10-18(4,5)20-6/h8-9,13,15,19H,7,10-12H2,1-6H3. The fraction of sp³-hybridized carbons (Fsp3) is 0.667. The predicted octanol–water partition coefficient (Wildman–Crippen LogP) is 4.25. The van der Waals surface area contributed by atoms with E-state index in [-0.39, 0.29) is 5.60 Å². The molecule has 3 heteroatoms. The summed E-state index contributed by atoms with van der Waals surface area (Å²) in [6, 6.07) is 6.70. The summed E-state index contributed by atoms with van der Waals surface area (Å²) in [4.78, 5) is 0. The van der Waals surface area contributed by atoms with Gasteiger partial charge in [-0.15, -0.1) is 0 Å². The van der Waals surface area contributed by atoms with Gasteiger partial charge in [0.15, 0.2) is 0 Å². The van der Waals surface area contributed by atoms with Crippen LogP contribution in [-0.2, 0) is 4.74 Å². The third-order valence-electron chi connectivity index (χ3n) is 3.85. The van der Waals surface area contributed by atoms with E-state index in [1.807, 2.05) is 0 Å². The monoisotopic (exact) mass is 293 g/mol. The van der Waals surface area contributed by atoms with Crippen molar-refractivity contribution in [3.63, 3.8) is 0 Å². The molecule has 0 fully saturated rings. The van der Waals surface area contributed by atoms with Gasteiger partial charge in [-0.2, -0.15) is 0 Å². The second-order valence-electron chi connectivity index (χ2n) is 6.28.